The molecule has 0 amide bonds. The molecule has 68 valence electrons. The highest BCUT2D eigenvalue weighted by Gasteiger charge is 2.09. The molecule has 0 heteroatoms. The first-order chi connectivity index (χ1) is 5.79. The summed E-state index contributed by atoms with van der Waals surface area (Å²) in [4.78, 5) is 0. The molecule has 0 aliphatic heterocycles. The summed E-state index contributed by atoms with van der Waals surface area (Å²) >= 11 is 0. The zero-order valence-corrected chi connectivity index (χ0v) is 8.61. The Morgan fingerprint density at radius 2 is 2.08 bits per heavy atom. The van der Waals surface area contributed by atoms with Crippen molar-refractivity contribution in [3.63, 3.8) is 0 Å². The van der Waals surface area contributed by atoms with Crippen LogP contribution in [0.1, 0.15) is 52.9 Å². The molecule has 1 aliphatic carbocycles. The molecule has 0 unspecified atom stereocenters. The minimum absolute atomic E-state index is 1.21. The molecular formula is C12H20. The molecule has 12 heavy (non-hydrogen) atoms. The van der Waals surface area contributed by atoms with E-state index in [1.807, 2.05) is 0 Å². The highest BCUT2D eigenvalue weighted by atomic mass is 14.1. The molecule has 0 saturated heterocycles. The molecule has 0 aromatic carbocycles. The van der Waals surface area contributed by atoms with E-state index >= 15 is 0 Å². The van der Waals surface area contributed by atoms with E-state index in [0.717, 1.165) is 0 Å². The van der Waals surface area contributed by atoms with Gasteiger partial charge in [-0.15, -0.1) is 0 Å². The van der Waals surface area contributed by atoms with Gasteiger partial charge < -0.3 is 0 Å². The third-order valence-electron chi connectivity index (χ3n) is 2.78. The van der Waals surface area contributed by atoms with Gasteiger partial charge in [-0.1, -0.05) is 31.9 Å². The van der Waals surface area contributed by atoms with Gasteiger partial charge in [-0.25, -0.2) is 0 Å². The fraction of sp³-hybridized carbons (Fsp3) is 0.667. The summed E-state index contributed by atoms with van der Waals surface area (Å²) in [6.45, 7) is 6.81. The maximum Gasteiger partial charge on any atom is -0.0280 e. The summed E-state index contributed by atoms with van der Waals surface area (Å²) < 4.78 is 0. The predicted molar refractivity (Wildman–Crippen MR) is 55.2 cm³/mol. The zero-order valence-electron chi connectivity index (χ0n) is 8.61. The van der Waals surface area contributed by atoms with Crippen LogP contribution in [0, 0.1) is 0 Å². The van der Waals surface area contributed by atoms with Gasteiger partial charge in [0.15, 0.2) is 0 Å². The maximum absolute atomic E-state index is 2.41. The molecule has 0 bridgehead atoms. The third-order valence-corrected chi connectivity index (χ3v) is 2.78. The van der Waals surface area contributed by atoms with Crippen LogP contribution in [-0.4, -0.2) is 0 Å². The van der Waals surface area contributed by atoms with E-state index in [1.54, 1.807) is 16.7 Å². The minimum Gasteiger partial charge on any atom is -0.0807 e. The lowest BCUT2D eigenvalue weighted by atomic mass is 9.88. The van der Waals surface area contributed by atoms with Crippen LogP contribution in [0.3, 0.4) is 0 Å². The molecule has 0 aromatic heterocycles. The Morgan fingerprint density at radius 1 is 1.33 bits per heavy atom. The summed E-state index contributed by atoms with van der Waals surface area (Å²) in [7, 11) is 0. The minimum atomic E-state index is 1.21. The van der Waals surface area contributed by atoms with Crippen molar-refractivity contribution in [1.82, 2.24) is 0 Å². The van der Waals surface area contributed by atoms with E-state index in [2.05, 4.69) is 26.8 Å². The van der Waals surface area contributed by atoms with Gasteiger partial charge in [0.25, 0.3) is 0 Å². The van der Waals surface area contributed by atoms with Gasteiger partial charge in [-0.05, 0) is 43.8 Å². The van der Waals surface area contributed by atoms with E-state index in [1.165, 1.54) is 32.1 Å². The zero-order chi connectivity index (χ0) is 8.97. The largest absolute Gasteiger partial charge is 0.0807 e. The fourth-order valence-electron chi connectivity index (χ4n) is 2.01. The van der Waals surface area contributed by atoms with Crippen LogP contribution in [0.2, 0.25) is 0 Å². The highest BCUT2D eigenvalue weighted by molar-refractivity contribution is 5.36. The van der Waals surface area contributed by atoms with Gasteiger partial charge in [-0.3, -0.25) is 0 Å². The third kappa shape index (κ3) is 2.00. The van der Waals surface area contributed by atoms with Gasteiger partial charge in [0.1, 0.15) is 0 Å². The van der Waals surface area contributed by atoms with E-state index in [4.69, 9.17) is 0 Å². The molecule has 0 N–H and O–H groups in total. The van der Waals surface area contributed by atoms with E-state index in [-0.39, 0.29) is 0 Å². The second-order valence-electron chi connectivity index (χ2n) is 3.60. The van der Waals surface area contributed by atoms with E-state index in [0.29, 0.717) is 0 Å². The summed E-state index contributed by atoms with van der Waals surface area (Å²) in [5, 5.41) is 0. The molecular weight excluding hydrogens is 144 g/mol. The second kappa shape index (κ2) is 4.49. The first kappa shape index (κ1) is 9.57. The fourth-order valence-corrected chi connectivity index (χ4v) is 2.01. The molecule has 0 spiro atoms. The summed E-state index contributed by atoms with van der Waals surface area (Å²) in [6.07, 6.45) is 8.80. The van der Waals surface area contributed by atoms with Crippen LogP contribution in [0.5, 0.6) is 0 Å². The summed E-state index contributed by atoms with van der Waals surface area (Å²) in [5.41, 5.74) is 4.88. The average molecular weight is 164 g/mol. The summed E-state index contributed by atoms with van der Waals surface area (Å²) in [5.74, 6) is 0. The predicted octanol–water partition coefficient (Wildman–Crippen LogP) is 4.23. The highest BCUT2D eigenvalue weighted by Crippen LogP contribution is 2.29. The first-order valence-electron chi connectivity index (χ1n) is 5.17. The van der Waals surface area contributed by atoms with Crippen LogP contribution in [0.25, 0.3) is 0 Å². The normalized spacial score (nSPS) is 18.1. The van der Waals surface area contributed by atoms with Crippen molar-refractivity contribution in [2.45, 2.75) is 52.9 Å². The molecule has 0 aromatic rings. The van der Waals surface area contributed by atoms with Crippen LogP contribution in [0.15, 0.2) is 22.8 Å². The Balaban J connectivity index is 2.75. The maximum atomic E-state index is 2.41. The van der Waals surface area contributed by atoms with Crippen molar-refractivity contribution in [2.24, 2.45) is 0 Å². The van der Waals surface area contributed by atoms with Crippen molar-refractivity contribution >= 4 is 0 Å². The van der Waals surface area contributed by atoms with Gasteiger partial charge >= 0.3 is 0 Å². The van der Waals surface area contributed by atoms with Crippen LogP contribution < -0.4 is 0 Å². The monoisotopic (exact) mass is 164 g/mol. The molecule has 0 radical (unpaired) electrons. The smallest absolute Gasteiger partial charge is 0.0280 e. The Bertz CT molecular complexity index is 206. The van der Waals surface area contributed by atoms with Crippen LogP contribution >= 0.6 is 0 Å². The number of allylic oxidation sites excluding steroid dienone is 4. The van der Waals surface area contributed by atoms with Crippen molar-refractivity contribution < 1.29 is 0 Å². The molecule has 1 rings (SSSR count). The Hall–Kier alpha value is -0.520. The quantitative estimate of drug-likeness (QED) is 0.585. The van der Waals surface area contributed by atoms with Gasteiger partial charge in [0.05, 0.1) is 0 Å². The van der Waals surface area contributed by atoms with Gasteiger partial charge in [-0.2, -0.15) is 0 Å². The van der Waals surface area contributed by atoms with Crippen LogP contribution in [0.4, 0.5) is 0 Å². The van der Waals surface area contributed by atoms with Gasteiger partial charge in [0, 0.05) is 0 Å². The number of hydrogen-bond donors (Lipinski definition) is 0. The lowest BCUT2D eigenvalue weighted by Crippen LogP contribution is -1.98. The average Bonchev–Trinajstić information content (AvgIpc) is 2.09. The SMILES string of the molecule is CCCC1=C(C)C(CC)=CCC1. The first-order valence-corrected chi connectivity index (χ1v) is 5.17. The lowest BCUT2D eigenvalue weighted by molar-refractivity contribution is 0.790. The standard InChI is InChI=1S/C12H20/c1-4-7-12-9-6-8-11(5-2)10(12)3/h8H,4-7,9H2,1-3H3. The molecule has 1 aliphatic rings. The Kier molecular flexibility index (Phi) is 3.58. The van der Waals surface area contributed by atoms with Crippen molar-refractivity contribution in [3.8, 4) is 0 Å². The second-order valence-corrected chi connectivity index (χ2v) is 3.60. The van der Waals surface area contributed by atoms with Crippen molar-refractivity contribution in [1.29, 1.82) is 0 Å². The number of rotatable bonds is 3. The number of hydrogen-bond acceptors (Lipinski definition) is 0. The van der Waals surface area contributed by atoms with Crippen molar-refractivity contribution in [2.75, 3.05) is 0 Å². The summed E-state index contributed by atoms with van der Waals surface area (Å²) in [6, 6.07) is 0. The van der Waals surface area contributed by atoms with Gasteiger partial charge in [0.2, 0.25) is 0 Å². The van der Waals surface area contributed by atoms with Crippen LogP contribution in [-0.2, 0) is 0 Å². The Labute approximate surface area is 76.4 Å². The van der Waals surface area contributed by atoms with Crippen molar-refractivity contribution in [3.05, 3.63) is 22.8 Å². The topological polar surface area (TPSA) is 0 Å². The molecule has 0 heterocycles. The molecule has 0 nitrogen and oxygen atoms in total. The lowest BCUT2D eigenvalue weighted by Gasteiger charge is -2.18. The molecule has 0 atom stereocenters. The molecule has 0 saturated carbocycles. The van der Waals surface area contributed by atoms with E-state index < -0.39 is 0 Å². The Morgan fingerprint density at radius 3 is 2.67 bits per heavy atom. The van der Waals surface area contributed by atoms with E-state index in [9.17, 15) is 0 Å². The molecule has 0 fully saturated rings.